The molecule has 3 heterocycles. The summed E-state index contributed by atoms with van der Waals surface area (Å²) >= 11 is 6.18. The van der Waals surface area contributed by atoms with E-state index in [-0.39, 0.29) is 17.1 Å². The topological polar surface area (TPSA) is 91.0 Å². The van der Waals surface area contributed by atoms with Gasteiger partial charge in [-0.1, -0.05) is 41.9 Å². The number of para-hydroxylation sites is 2. The van der Waals surface area contributed by atoms with Crippen LogP contribution in [0.3, 0.4) is 0 Å². The Morgan fingerprint density at radius 2 is 1.75 bits per heavy atom. The summed E-state index contributed by atoms with van der Waals surface area (Å²) in [5.41, 5.74) is 0.919. The molecule has 1 aliphatic rings. The Morgan fingerprint density at radius 3 is 2.56 bits per heavy atom. The number of hydrogen-bond acceptors (Lipinski definition) is 5. The summed E-state index contributed by atoms with van der Waals surface area (Å²) < 4.78 is 9.10. The fourth-order valence-electron chi connectivity index (χ4n) is 3.74. The molecule has 0 unspecified atom stereocenters. The number of halogens is 1. The molecule has 1 N–H and O–H groups in total. The van der Waals surface area contributed by atoms with Crippen molar-refractivity contribution in [3.8, 4) is 23.1 Å². The Kier molecular flexibility index (Phi) is 5.20. The smallest absolute Gasteiger partial charge is 0.322 e. The normalized spacial score (nSPS) is 12.4. The largest absolute Gasteiger partial charge is 0.424 e. The first-order valence-corrected chi connectivity index (χ1v) is 10.5. The zero-order chi connectivity index (χ0) is 22.1. The molecule has 0 bridgehead atoms. The molecule has 0 saturated carbocycles. The second-order valence-electron chi connectivity index (χ2n) is 7.20. The molecule has 1 aliphatic heterocycles. The molecule has 9 heteroatoms. The van der Waals surface area contributed by atoms with Crippen molar-refractivity contribution in [2.24, 2.45) is 0 Å². The minimum Gasteiger partial charge on any atom is -0.424 e. The van der Waals surface area contributed by atoms with Gasteiger partial charge in [0.25, 0.3) is 11.5 Å². The second-order valence-corrected chi connectivity index (χ2v) is 7.61. The van der Waals surface area contributed by atoms with E-state index in [9.17, 15) is 9.59 Å². The van der Waals surface area contributed by atoms with E-state index >= 15 is 0 Å². The van der Waals surface area contributed by atoms with Crippen LogP contribution in [0.15, 0.2) is 71.7 Å². The lowest BCUT2D eigenvalue weighted by Crippen LogP contribution is -2.24. The van der Waals surface area contributed by atoms with Crippen LogP contribution >= 0.6 is 11.6 Å². The molecule has 4 aromatic rings. The zero-order valence-corrected chi connectivity index (χ0v) is 17.6. The molecule has 5 rings (SSSR count). The molecule has 1 amide bonds. The molecule has 0 spiro atoms. The molecular weight excluding hydrogens is 430 g/mol. The highest BCUT2D eigenvalue weighted by atomic mass is 35.5. The Labute approximate surface area is 188 Å². The number of anilines is 1. The third-order valence-corrected chi connectivity index (χ3v) is 5.48. The van der Waals surface area contributed by atoms with Gasteiger partial charge in [-0.3, -0.25) is 14.3 Å². The van der Waals surface area contributed by atoms with Crippen LogP contribution in [0.4, 0.5) is 5.69 Å². The Bertz CT molecular complexity index is 1360. The van der Waals surface area contributed by atoms with Crippen LogP contribution in [-0.2, 0) is 13.1 Å². The number of carbonyl (C=O) groups excluding carboxylic acids is 1. The number of nitrogens with zero attached hydrogens (tertiary/aromatic N) is 4. The number of rotatable bonds is 5. The molecule has 32 heavy (non-hydrogen) atoms. The molecule has 8 nitrogen and oxygen atoms in total. The summed E-state index contributed by atoms with van der Waals surface area (Å²) in [7, 11) is 0. The number of hydrogen-bond donors (Lipinski definition) is 1. The van der Waals surface area contributed by atoms with Gasteiger partial charge in [0.1, 0.15) is 17.0 Å². The summed E-state index contributed by atoms with van der Waals surface area (Å²) in [6.07, 6.45) is 2.34. The van der Waals surface area contributed by atoms with Gasteiger partial charge in [0.05, 0.1) is 16.4 Å². The fraction of sp³-hybridized carbons (Fsp3) is 0.130. The Morgan fingerprint density at radius 1 is 1.00 bits per heavy atom. The van der Waals surface area contributed by atoms with Gasteiger partial charge in [-0.05, 0) is 36.8 Å². The van der Waals surface area contributed by atoms with Crippen molar-refractivity contribution in [1.82, 2.24) is 19.3 Å². The first-order valence-electron chi connectivity index (χ1n) is 10.1. The van der Waals surface area contributed by atoms with E-state index in [0.717, 1.165) is 6.42 Å². The number of aromatic nitrogens is 4. The van der Waals surface area contributed by atoms with Gasteiger partial charge in [-0.15, -0.1) is 0 Å². The summed E-state index contributed by atoms with van der Waals surface area (Å²) in [6, 6.07) is 17.8. The number of fused-ring (bicyclic) bond motifs is 1. The summed E-state index contributed by atoms with van der Waals surface area (Å²) in [5.74, 6) is 0.0391. The fourth-order valence-corrected chi connectivity index (χ4v) is 3.93. The lowest BCUT2D eigenvalue weighted by Gasteiger charge is -2.10. The van der Waals surface area contributed by atoms with Crippen LogP contribution in [0.2, 0.25) is 5.02 Å². The maximum atomic E-state index is 13.2. The van der Waals surface area contributed by atoms with Crippen LogP contribution in [-0.4, -0.2) is 25.2 Å². The average molecular weight is 448 g/mol. The molecule has 0 fully saturated rings. The monoisotopic (exact) mass is 447 g/mol. The maximum Gasteiger partial charge on any atom is 0.322 e. The van der Waals surface area contributed by atoms with E-state index in [1.54, 1.807) is 58.0 Å². The Balaban J connectivity index is 1.57. The average Bonchev–Trinajstić information content (AvgIpc) is 3.38. The zero-order valence-electron chi connectivity index (χ0n) is 16.9. The third-order valence-electron chi connectivity index (χ3n) is 5.15. The van der Waals surface area contributed by atoms with Crippen molar-refractivity contribution < 1.29 is 9.53 Å². The highest BCUT2D eigenvalue weighted by Crippen LogP contribution is 2.28. The van der Waals surface area contributed by atoms with E-state index in [2.05, 4.69) is 15.3 Å². The SMILES string of the molecule is O=C(Nc1ccccc1Cl)c1c(-c2ccnc(Oc3ccccc3)n2)n2n(c1=O)CCC2. The minimum absolute atomic E-state index is 0.00832. The van der Waals surface area contributed by atoms with Gasteiger partial charge in [0, 0.05) is 19.3 Å². The van der Waals surface area contributed by atoms with Crippen molar-refractivity contribution in [2.45, 2.75) is 19.5 Å². The Hall–Kier alpha value is -3.91. The van der Waals surface area contributed by atoms with E-state index in [4.69, 9.17) is 16.3 Å². The maximum absolute atomic E-state index is 13.2. The van der Waals surface area contributed by atoms with Gasteiger partial charge in [0.15, 0.2) is 0 Å². The van der Waals surface area contributed by atoms with Gasteiger partial charge >= 0.3 is 6.01 Å². The number of carbonyl (C=O) groups is 1. The first kappa shape index (κ1) is 20.0. The van der Waals surface area contributed by atoms with Gasteiger partial charge < -0.3 is 10.1 Å². The molecule has 0 aliphatic carbocycles. The highest BCUT2D eigenvalue weighted by Gasteiger charge is 2.30. The highest BCUT2D eigenvalue weighted by molar-refractivity contribution is 6.34. The van der Waals surface area contributed by atoms with Gasteiger partial charge in [0.2, 0.25) is 0 Å². The van der Waals surface area contributed by atoms with Crippen LogP contribution < -0.4 is 15.6 Å². The van der Waals surface area contributed by atoms with E-state index in [1.807, 2.05) is 18.2 Å². The number of ether oxygens (including phenoxy) is 1. The van der Waals surface area contributed by atoms with Crippen LogP contribution in [0.1, 0.15) is 16.8 Å². The van der Waals surface area contributed by atoms with Gasteiger partial charge in [-0.25, -0.2) is 9.67 Å². The van der Waals surface area contributed by atoms with Crippen molar-refractivity contribution in [3.63, 3.8) is 0 Å². The molecule has 160 valence electrons. The van der Waals surface area contributed by atoms with Crippen molar-refractivity contribution >= 4 is 23.2 Å². The first-order chi connectivity index (χ1) is 15.6. The number of amides is 1. The van der Waals surface area contributed by atoms with Gasteiger partial charge in [-0.2, -0.15) is 4.98 Å². The summed E-state index contributed by atoms with van der Waals surface area (Å²) in [5, 5.41) is 3.13. The predicted octanol–water partition coefficient (Wildman–Crippen LogP) is 4.21. The van der Waals surface area contributed by atoms with Crippen molar-refractivity contribution in [1.29, 1.82) is 0 Å². The quantitative estimate of drug-likeness (QED) is 0.495. The standard InChI is InChI=1S/C23H18ClN5O3/c24-16-9-4-5-10-17(16)26-21(30)19-20(28-13-6-14-29(28)22(19)31)18-11-12-25-23(27-18)32-15-7-2-1-3-8-15/h1-5,7-12H,6,13-14H2,(H,26,30). The number of nitrogens with one attached hydrogen (secondary N) is 1. The summed E-state index contributed by atoms with van der Waals surface area (Å²) in [4.78, 5) is 35.0. The molecule has 2 aromatic carbocycles. The number of benzene rings is 2. The lowest BCUT2D eigenvalue weighted by molar-refractivity contribution is 0.102. The summed E-state index contributed by atoms with van der Waals surface area (Å²) in [6.45, 7) is 1.13. The van der Waals surface area contributed by atoms with Crippen LogP contribution in [0.5, 0.6) is 11.8 Å². The van der Waals surface area contributed by atoms with E-state index in [0.29, 0.717) is 40.9 Å². The second kappa shape index (κ2) is 8.32. The molecule has 2 aromatic heterocycles. The molecule has 0 saturated heterocycles. The lowest BCUT2D eigenvalue weighted by atomic mass is 10.1. The van der Waals surface area contributed by atoms with Crippen LogP contribution in [0.25, 0.3) is 11.4 Å². The van der Waals surface area contributed by atoms with Crippen LogP contribution in [0, 0.1) is 0 Å². The molecule has 0 atom stereocenters. The van der Waals surface area contributed by atoms with E-state index < -0.39 is 5.91 Å². The van der Waals surface area contributed by atoms with Crippen molar-refractivity contribution in [3.05, 3.63) is 87.8 Å². The predicted molar refractivity (Wildman–Crippen MR) is 120 cm³/mol. The molecular formula is C23H18ClN5O3. The molecule has 0 radical (unpaired) electrons. The third kappa shape index (κ3) is 3.65. The van der Waals surface area contributed by atoms with Crippen molar-refractivity contribution in [2.75, 3.05) is 5.32 Å². The van der Waals surface area contributed by atoms with E-state index in [1.165, 1.54) is 0 Å². The minimum atomic E-state index is -0.545.